The Kier molecular flexibility index (Phi) is 1.77. The third-order valence-corrected chi connectivity index (χ3v) is 2.39. The van der Waals surface area contributed by atoms with E-state index in [-0.39, 0.29) is 0 Å². The molecule has 1 rings (SSSR count). The van der Waals surface area contributed by atoms with Crippen LogP contribution in [0.15, 0.2) is 11.7 Å². The molecule has 0 bridgehead atoms. The summed E-state index contributed by atoms with van der Waals surface area (Å²) in [5.41, 5.74) is 2.99. The number of nitrogens with zero attached hydrogens (tertiary/aromatic N) is 1. The average Bonchev–Trinajstić information content (AvgIpc) is 1.77. The molecular formula is C5H6NPS. The second-order valence-electron chi connectivity index (χ2n) is 1.51. The summed E-state index contributed by atoms with van der Waals surface area (Å²) in [7, 11) is 3.42. The van der Waals surface area contributed by atoms with Crippen LogP contribution in [0.3, 0.4) is 0 Å². The van der Waals surface area contributed by atoms with Crippen molar-refractivity contribution in [1.29, 1.82) is 0 Å². The van der Waals surface area contributed by atoms with E-state index in [1.165, 1.54) is 5.56 Å². The SMILES string of the molecule is Cc1cncsc1=P. The van der Waals surface area contributed by atoms with Crippen LogP contribution in [0.2, 0.25) is 0 Å². The van der Waals surface area contributed by atoms with Crippen LogP contribution in [0, 0.1) is 11.2 Å². The molecule has 0 aliphatic heterocycles. The van der Waals surface area contributed by atoms with Gasteiger partial charge in [0.05, 0.1) is 9.76 Å². The lowest BCUT2D eigenvalue weighted by Crippen LogP contribution is -1.69. The van der Waals surface area contributed by atoms with Crippen LogP contribution in [0.25, 0.3) is 0 Å². The number of aryl methyl sites for hydroxylation is 1. The van der Waals surface area contributed by atoms with Gasteiger partial charge in [0.25, 0.3) is 0 Å². The molecule has 0 spiro atoms. The van der Waals surface area contributed by atoms with Gasteiger partial charge in [0.1, 0.15) is 0 Å². The van der Waals surface area contributed by atoms with E-state index >= 15 is 0 Å². The first kappa shape index (κ1) is 5.93. The highest BCUT2D eigenvalue weighted by Crippen LogP contribution is 2.03. The van der Waals surface area contributed by atoms with E-state index < -0.39 is 0 Å². The van der Waals surface area contributed by atoms with E-state index in [4.69, 9.17) is 0 Å². The molecule has 1 nitrogen and oxygen atoms in total. The fourth-order valence-corrected chi connectivity index (χ4v) is 1.07. The van der Waals surface area contributed by atoms with Gasteiger partial charge < -0.3 is 0 Å². The predicted octanol–water partition coefficient (Wildman–Crippen LogP) is 2.13. The molecule has 0 saturated heterocycles. The summed E-state index contributed by atoms with van der Waals surface area (Å²) in [4.78, 5) is 3.93. The molecule has 0 fully saturated rings. The molecule has 3 heteroatoms. The van der Waals surface area contributed by atoms with Crippen LogP contribution in [-0.2, 0) is 0 Å². The van der Waals surface area contributed by atoms with Crippen molar-refractivity contribution >= 4 is 20.2 Å². The van der Waals surface area contributed by atoms with Gasteiger partial charge in [0.15, 0.2) is 0 Å². The van der Waals surface area contributed by atoms with Gasteiger partial charge in [0.2, 0.25) is 0 Å². The number of aromatic nitrogens is 1. The second-order valence-corrected chi connectivity index (χ2v) is 3.23. The van der Waals surface area contributed by atoms with Crippen molar-refractivity contribution in [3.63, 3.8) is 0 Å². The number of hydrogen-bond acceptors (Lipinski definition) is 2. The summed E-state index contributed by atoms with van der Waals surface area (Å²) < 4.78 is 1.15. The minimum atomic E-state index is 1.15. The molecule has 1 aromatic heterocycles. The molecular weight excluding hydrogens is 137 g/mol. The monoisotopic (exact) mass is 143 g/mol. The van der Waals surface area contributed by atoms with E-state index in [0.29, 0.717) is 0 Å². The molecule has 0 N–H and O–H groups in total. The van der Waals surface area contributed by atoms with Crippen molar-refractivity contribution in [3.05, 3.63) is 21.5 Å². The molecule has 0 atom stereocenters. The van der Waals surface area contributed by atoms with E-state index in [1.807, 2.05) is 13.1 Å². The largest absolute Gasteiger partial charge is 0.254 e. The van der Waals surface area contributed by atoms with E-state index in [9.17, 15) is 0 Å². The maximum Gasteiger partial charge on any atom is 0.0800 e. The zero-order valence-electron chi connectivity index (χ0n) is 4.51. The minimum absolute atomic E-state index is 1.15. The van der Waals surface area contributed by atoms with Gasteiger partial charge in [-0.3, -0.25) is 4.98 Å². The Bertz CT molecular complexity index is 230. The summed E-state index contributed by atoms with van der Waals surface area (Å²) in [5, 5.41) is 0. The van der Waals surface area contributed by atoms with Crippen LogP contribution in [0.5, 0.6) is 0 Å². The van der Waals surface area contributed by atoms with Crippen LogP contribution in [-0.4, -0.2) is 4.98 Å². The zero-order valence-corrected chi connectivity index (χ0v) is 6.33. The molecule has 1 heterocycles. The maximum atomic E-state index is 3.93. The fourth-order valence-electron chi connectivity index (χ4n) is 0.377. The summed E-state index contributed by atoms with van der Waals surface area (Å²) in [6.45, 7) is 2.02. The normalized spacial score (nSPS) is 9.12. The van der Waals surface area contributed by atoms with E-state index in [0.717, 1.165) is 4.25 Å². The molecule has 42 valence electrons. The maximum absolute atomic E-state index is 3.93. The van der Waals surface area contributed by atoms with Crippen molar-refractivity contribution in [2.45, 2.75) is 6.92 Å². The lowest BCUT2D eigenvalue weighted by Gasteiger charge is -1.84. The Labute approximate surface area is 54.3 Å². The van der Waals surface area contributed by atoms with Crippen LogP contribution < -0.4 is 0 Å². The highest BCUT2D eigenvalue weighted by Gasteiger charge is 1.80. The summed E-state index contributed by atoms with van der Waals surface area (Å²) in [6.07, 6.45) is 1.83. The minimum Gasteiger partial charge on any atom is -0.254 e. The van der Waals surface area contributed by atoms with Gasteiger partial charge in [-0.2, -0.15) is 0 Å². The highest BCUT2D eigenvalue weighted by atomic mass is 32.1. The van der Waals surface area contributed by atoms with Gasteiger partial charge in [0, 0.05) is 6.20 Å². The Morgan fingerprint density at radius 3 is 2.88 bits per heavy atom. The molecule has 0 amide bonds. The fraction of sp³-hybridized carbons (Fsp3) is 0.200. The summed E-state index contributed by atoms with van der Waals surface area (Å²) >= 11 is 1.60. The Hall–Kier alpha value is -0.200. The first-order valence-electron chi connectivity index (χ1n) is 2.24. The first-order chi connectivity index (χ1) is 3.80. The Balaban J connectivity index is 3.35. The smallest absolute Gasteiger partial charge is 0.0800 e. The van der Waals surface area contributed by atoms with Crippen LogP contribution in [0.1, 0.15) is 5.56 Å². The van der Waals surface area contributed by atoms with Gasteiger partial charge in [-0.15, -0.1) is 20.2 Å². The van der Waals surface area contributed by atoms with E-state index in [1.54, 1.807) is 16.8 Å². The van der Waals surface area contributed by atoms with Gasteiger partial charge in [-0.25, -0.2) is 0 Å². The standard InChI is InChI=1S/C5H6NPS/c1-4-2-6-3-8-5(4)7/h2-3,7H,1H3. The van der Waals surface area contributed by atoms with Crippen molar-refractivity contribution in [3.8, 4) is 0 Å². The van der Waals surface area contributed by atoms with Crippen molar-refractivity contribution in [1.82, 2.24) is 4.98 Å². The van der Waals surface area contributed by atoms with Gasteiger partial charge >= 0.3 is 0 Å². The summed E-state index contributed by atoms with van der Waals surface area (Å²) in [6, 6.07) is 0. The quantitative estimate of drug-likeness (QED) is 0.507. The molecule has 0 unspecified atom stereocenters. The molecule has 1 aromatic rings. The molecule has 0 aliphatic carbocycles. The van der Waals surface area contributed by atoms with Crippen LogP contribution >= 0.6 is 20.2 Å². The number of hydrogen-bond donors (Lipinski definition) is 0. The summed E-state index contributed by atoms with van der Waals surface area (Å²) in [5.74, 6) is 0. The second kappa shape index (κ2) is 2.38. The topological polar surface area (TPSA) is 12.9 Å². The first-order valence-corrected chi connectivity index (χ1v) is 3.62. The van der Waals surface area contributed by atoms with Gasteiger partial charge in [-0.1, -0.05) is 0 Å². The van der Waals surface area contributed by atoms with Crippen LogP contribution in [0.4, 0.5) is 0 Å². The zero-order chi connectivity index (χ0) is 5.98. The third-order valence-electron chi connectivity index (χ3n) is 0.858. The highest BCUT2D eigenvalue weighted by molar-refractivity contribution is 7.21. The molecule has 8 heavy (non-hydrogen) atoms. The van der Waals surface area contributed by atoms with Crippen molar-refractivity contribution in [2.75, 3.05) is 0 Å². The third kappa shape index (κ3) is 1.15. The molecule has 0 radical (unpaired) electrons. The number of rotatable bonds is 0. The molecule has 0 saturated carbocycles. The van der Waals surface area contributed by atoms with Crippen molar-refractivity contribution < 1.29 is 0 Å². The molecule has 0 aromatic carbocycles. The predicted molar refractivity (Wildman–Crippen MR) is 38.4 cm³/mol. The lowest BCUT2D eigenvalue weighted by atomic mass is 10.4. The average molecular weight is 143 g/mol. The Morgan fingerprint density at radius 1 is 1.75 bits per heavy atom. The Morgan fingerprint density at radius 2 is 2.50 bits per heavy atom. The molecule has 0 aliphatic rings. The van der Waals surface area contributed by atoms with Crippen molar-refractivity contribution in [2.24, 2.45) is 0 Å². The van der Waals surface area contributed by atoms with E-state index in [2.05, 4.69) is 13.8 Å². The van der Waals surface area contributed by atoms with Gasteiger partial charge in [-0.05, 0) is 12.5 Å². The lowest BCUT2D eigenvalue weighted by molar-refractivity contribution is 1.32.